The van der Waals surface area contributed by atoms with E-state index < -0.39 is 0 Å². The summed E-state index contributed by atoms with van der Waals surface area (Å²) in [6, 6.07) is 0.849. The van der Waals surface area contributed by atoms with Crippen LogP contribution in [0.1, 0.15) is 65.2 Å². The quantitative estimate of drug-likeness (QED) is 0.667. The summed E-state index contributed by atoms with van der Waals surface area (Å²) >= 11 is 0. The van der Waals surface area contributed by atoms with Crippen molar-refractivity contribution < 1.29 is 0 Å². The summed E-state index contributed by atoms with van der Waals surface area (Å²) in [5.74, 6) is 0. The van der Waals surface area contributed by atoms with Crippen molar-refractivity contribution in [1.29, 1.82) is 0 Å². The monoisotopic (exact) mass is 221 g/mol. The van der Waals surface area contributed by atoms with Gasteiger partial charge in [0.05, 0.1) is 0 Å². The summed E-state index contributed by atoms with van der Waals surface area (Å²) in [7, 11) is 0. The molecule has 1 N–H and O–H groups in total. The Kier molecular flexibility index (Phi) is 4.07. The lowest BCUT2D eigenvalue weighted by molar-refractivity contribution is 0.291. The molecule has 0 radical (unpaired) electrons. The maximum absolute atomic E-state index is 3.76. The topological polar surface area (TPSA) is 12.0 Å². The second-order valence-electron chi connectivity index (χ2n) is 5.62. The maximum Gasteiger partial charge on any atom is 0.00685 e. The van der Waals surface area contributed by atoms with E-state index in [2.05, 4.69) is 25.2 Å². The molecule has 0 aliphatic heterocycles. The summed E-state index contributed by atoms with van der Waals surface area (Å²) in [5, 5.41) is 3.76. The first-order valence-electron chi connectivity index (χ1n) is 7.23. The van der Waals surface area contributed by atoms with Crippen LogP contribution in [0.5, 0.6) is 0 Å². The Morgan fingerprint density at radius 1 is 1.25 bits per heavy atom. The zero-order valence-corrected chi connectivity index (χ0v) is 11.0. The highest BCUT2D eigenvalue weighted by Crippen LogP contribution is 2.40. The lowest BCUT2D eigenvalue weighted by Crippen LogP contribution is -2.36. The van der Waals surface area contributed by atoms with E-state index in [1.54, 1.807) is 5.57 Å². The van der Waals surface area contributed by atoms with Crippen molar-refractivity contribution in [3.63, 3.8) is 0 Å². The van der Waals surface area contributed by atoms with Crippen molar-refractivity contribution in [2.24, 2.45) is 5.41 Å². The Hall–Kier alpha value is -0.300. The highest BCUT2D eigenvalue weighted by molar-refractivity contribution is 5.17. The molecular formula is C15H27N. The highest BCUT2D eigenvalue weighted by Gasteiger charge is 2.33. The van der Waals surface area contributed by atoms with Crippen LogP contribution >= 0.6 is 0 Å². The van der Waals surface area contributed by atoms with Crippen molar-refractivity contribution in [3.8, 4) is 0 Å². The van der Waals surface area contributed by atoms with Gasteiger partial charge in [0.1, 0.15) is 0 Å². The van der Waals surface area contributed by atoms with Gasteiger partial charge in [0.25, 0.3) is 0 Å². The van der Waals surface area contributed by atoms with E-state index in [-0.39, 0.29) is 0 Å². The third kappa shape index (κ3) is 2.68. The fourth-order valence-corrected chi connectivity index (χ4v) is 3.01. The van der Waals surface area contributed by atoms with Crippen molar-refractivity contribution >= 4 is 0 Å². The Labute approximate surface area is 101 Å². The van der Waals surface area contributed by atoms with Gasteiger partial charge < -0.3 is 5.32 Å². The summed E-state index contributed by atoms with van der Waals surface area (Å²) in [5.41, 5.74) is 2.24. The highest BCUT2D eigenvalue weighted by atomic mass is 15.0. The van der Waals surface area contributed by atoms with Crippen LogP contribution in [0.3, 0.4) is 0 Å². The van der Waals surface area contributed by atoms with Gasteiger partial charge in [-0.25, -0.2) is 0 Å². The molecule has 1 nitrogen and oxygen atoms in total. The van der Waals surface area contributed by atoms with Gasteiger partial charge in [-0.15, -0.1) is 0 Å². The van der Waals surface area contributed by atoms with Crippen molar-refractivity contribution in [1.82, 2.24) is 5.32 Å². The van der Waals surface area contributed by atoms with Gasteiger partial charge in [-0.05, 0) is 51.4 Å². The largest absolute Gasteiger partial charge is 0.313 e. The molecule has 1 heteroatoms. The lowest BCUT2D eigenvalue weighted by Gasteiger charge is -2.37. The van der Waals surface area contributed by atoms with Crippen LogP contribution in [-0.4, -0.2) is 12.6 Å². The van der Waals surface area contributed by atoms with E-state index >= 15 is 0 Å². The van der Waals surface area contributed by atoms with Gasteiger partial charge in [0.15, 0.2) is 0 Å². The third-order valence-electron chi connectivity index (χ3n) is 4.63. The molecule has 0 heterocycles. The molecule has 0 aromatic carbocycles. The first-order chi connectivity index (χ1) is 7.80. The van der Waals surface area contributed by atoms with E-state index in [4.69, 9.17) is 0 Å². The van der Waals surface area contributed by atoms with E-state index in [0.717, 1.165) is 6.04 Å². The van der Waals surface area contributed by atoms with Crippen molar-refractivity contribution in [2.45, 2.75) is 71.3 Å². The molecule has 0 atom stereocenters. The van der Waals surface area contributed by atoms with Crippen LogP contribution in [0.2, 0.25) is 0 Å². The van der Waals surface area contributed by atoms with E-state index in [9.17, 15) is 0 Å². The van der Waals surface area contributed by atoms with Crippen LogP contribution in [-0.2, 0) is 0 Å². The predicted octanol–water partition coefficient (Wildman–Crippen LogP) is 4.05. The number of hydrogen-bond donors (Lipinski definition) is 1. The normalized spacial score (nSPS) is 22.0. The smallest absolute Gasteiger partial charge is 0.00685 e. The van der Waals surface area contributed by atoms with E-state index in [0.29, 0.717) is 5.41 Å². The minimum atomic E-state index is 0.475. The summed E-state index contributed by atoms with van der Waals surface area (Å²) in [6.07, 6.45) is 13.5. The summed E-state index contributed by atoms with van der Waals surface area (Å²) < 4.78 is 0. The predicted molar refractivity (Wildman–Crippen MR) is 70.6 cm³/mol. The lowest BCUT2D eigenvalue weighted by atomic mass is 9.71. The molecule has 0 amide bonds. The van der Waals surface area contributed by atoms with Gasteiger partial charge in [0, 0.05) is 18.0 Å². The molecule has 0 bridgehead atoms. The van der Waals surface area contributed by atoms with Crippen LogP contribution < -0.4 is 5.32 Å². The average Bonchev–Trinajstić information content (AvgIpc) is 3.17. The molecule has 0 unspecified atom stereocenters. The molecular weight excluding hydrogens is 194 g/mol. The molecule has 2 aliphatic rings. The van der Waals surface area contributed by atoms with E-state index in [1.165, 1.54) is 57.9 Å². The van der Waals surface area contributed by atoms with Gasteiger partial charge in [-0.1, -0.05) is 25.5 Å². The van der Waals surface area contributed by atoms with E-state index in [1.807, 2.05) is 0 Å². The van der Waals surface area contributed by atoms with Crippen LogP contribution in [0, 0.1) is 5.41 Å². The molecule has 1 saturated carbocycles. The molecule has 16 heavy (non-hydrogen) atoms. The van der Waals surface area contributed by atoms with Crippen LogP contribution in [0.4, 0.5) is 0 Å². The van der Waals surface area contributed by atoms with Crippen LogP contribution in [0.15, 0.2) is 11.6 Å². The minimum absolute atomic E-state index is 0.475. The molecule has 2 rings (SSSR count). The zero-order chi connectivity index (χ0) is 11.4. The third-order valence-corrected chi connectivity index (χ3v) is 4.63. The fourth-order valence-electron chi connectivity index (χ4n) is 3.01. The molecule has 0 aromatic heterocycles. The van der Waals surface area contributed by atoms with Gasteiger partial charge in [-0.3, -0.25) is 0 Å². The SMILES string of the molecule is CCC(CC)(CNC1CC1)C1=CCCCC1. The Morgan fingerprint density at radius 2 is 2.00 bits per heavy atom. The Bertz CT molecular complexity index is 246. The number of allylic oxidation sites excluding steroid dienone is 1. The Morgan fingerprint density at radius 3 is 2.50 bits per heavy atom. The zero-order valence-electron chi connectivity index (χ0n) is 11.0. The number of hydrogen-bond acceptors (Lipinski definition) is 1. The summed E-state index contributed by atoms with van der Waals surface area (Å²) in [6.45, 7) is 5.96. The minimum Gasteiger partial charge on any atom is -0.313 e. The van der Waals surface area contributed by atoms with Gasteiger partial charge >= 0.3 is 0 Å². The fraction of sp³-hybridized carbons (Fsp3) is 0.867. The molecule has 1 fully saturated rings. The standard InChI is InChI=1S/C15H27N/c1-3-15(4-2,12-16-14-10-11-14)13-8-6-5-7-9-13/h8,14,16H,3-7,9-12H2,1-2H3. The first kappa shape index (κ1) is 12.2. The van der Waals surface area contributed by atoms with Crippen molar-refractivity contribution in [2.75, 3.05) is 6.54 Å². The second-order valence-corrected chi connectivity index (χ2v) is 5.62. The molecule has 2 aliphatic carbocycles. The van der Waals surface area contributed by atoms with Crippen molar-refractivity contribution in [3.05, 3.63) is 11.6 Å². The molecule has 0 spiro atoms. The van der Waals surface area contributed by atoms with Crippen LogP contribution in [0.25, 0.3) is 0 Å². The van der Waals surface area contributed by atoms with Gasteiger partial charge in [-0.2, -0.15) is 0 Å². The summed E-state index contributed by atoms with van der Waals surface area (Å²) in [4.78, 5) is 0. The molecule has 92 valence electrons. The molecule has 0 aromatic rings. The number of nitrogens with one attached hydrogen (secondary N) is 1. The number of rotatable bonds is 6. The first-order valence-corrected chi connectivity index (χ1v) is 7.23. The maximum atomic E-state index is 3.76. The molecule has 0 saturated heterocycles. The Balaban J connectivity index is 2.01. The van der Waals surface area contributed by atoms with Gasteiger partial charge in [0.2, 0.25) is 0 Å². The second kappa shape index (κ2) is 5.35. The average molecular weight is 221 g/mol.